The number of halogens is 2. The SMILES string of the molecule is C[C@H]([NH2+]CC(=O)Nc1ccc(C(N)=O)cc1)c1ccc(F)cc1F. The molecule has 0 aliphatic heterocycles. The summed E-state index contributed by atoms with van der Waals surface area (Å²) in [6.45, 7) is 1.79. The van der Waals surface area contributed by atoms with Crippen LogP contribution >= 0.6 is 0 Å². The van der Waals surface area contributed by atoms with Crippen LogP contribution < -0.4 is 16.4 Å². The summed E-state index contributed by atoms with van der Waals surface area (Å²) in [5.74, 6) is -2.10. The predicted molar refractivity (Wildman–Crippen MR) is 85.2 cm³/mol. The van der Waals surface area contributed by atoms with Gasteiger partial charge < -0.3 is 16.4 Å². The molecule has 0 aliphatic rings. The number of primary amides is 1. The average Bonchev–Trinajstić information content (AvgIpc) is 2.53. The first-order valence-electron chi connectivity index (χ1n) is 7.35. The van der Waals surface area contributed by atoms with Crippen molar-refractivity contribution in [2.24, 2.45) is 5.73 Å². The highest BCUT2D eigenvalue weighted by molar-refractivity contribution is 5.94. The van der Waals surface area contributed by atoms with Crippen LogP contribution in [0.1, 0.15) is 28.9 Å². The number of quaternary nitrogens is 1. The first kappa shape index (κ1) is 17.6. The van der Waals surface area contributed by atoms with E-state index in [0.717, 1.165) is 6.07 Å². The van der Waals surface area contributed by atoms with E-state index in [1.807, 2.05) is 0 Å². The minimum absolute atomic E-state index is 0.0650. The number of carbonyl (C=O) groups is 2. The van der Waals surface area contributed by atoms with E-state index >= 15 is 0 Å². The summed E-state index contributed by atoms with van der Waals surface area (Å²) in [5.41, 5.74) is 6.34. The largest absolute Gasteiger partial charge is 0.366 e. The molecule has 0 bridgehead atoms. The third-order valence-corrected chi connectivity index (χ3v) is 3.56. The Labute approximate surface area is 137 Å². The molecule has 0 fully saturated rings. The number of benzene rings is 2. The average molecular weight is 334 g/mol. The van der Waals surface area contributed by atoms with Gasteiger partial charge in [0.05, 0.1) is 0 Å². The first-order valence-corrected chi connectivity index (χ1v) is 7.35. The van der Waals surface area contributed by atoms with Crippen molar-refractivity contribution in [2.75, 3.05) is 11.9 Å². The second kappa shape index (κ2) is 7.65. The Hall–Kier alpha value is -2.80. The van der Waals surface area contributed by atoms with Crippen LogP contribution in [-0.4, -0.2) is 18.4 Å². The van der Waals surface area contributed by atoms with Crippen LogP contribution in [0.15, 0.2) is 42.5 Å². The zero-order valence-electron chi connectivity index (χ0n) is 13.1. The van der Waals surface area contributed by atoms with Crippen molar-refractivity contribution in [2.45, 2.75) is 13.0 Å². The highest BCUT2D eigenvalue weighted by Gasteiger charge is 2.16. The highest BCUT2D eigenvalue weighted by Crippen LogP contribution is 2.14. The number of amides is 2. The Bertz CT molecular complexity index is 748. The molecule has 126 valence electrons. The van der Waals surface area contributed by atoms with Gasteiger partial charge in [-0.3, -0.25) is 9.59 Å². The van der Waals surface area contributed by atoms with Gasteiger partial charge in [-0.25, -0.2) is 8.78 Å². The van der Waals surface area contributed by atoms with Gasteiger partial charge in [0, 0.05) is 22.9 Å². The van der Waals surface area contributed by atoms with E-state index in [1.165, 1.54) is 24.3 Å². The molecule has 0 saturated carbocycles. The number of rotatable bonds is 6. The summed E-state index contributed by atoms with van der Waals surface area (Å²) in [7, 11) is 0. The van der Waals surface area contributed by atoms with Crippen LogP contribution in [-0.2, 0) is 4.79 Å². The summed E-state index contributed by atoms with van der Waals surface area (Å²) in [6.07, 6.45) is 0. The zero-order chi connectivity index (χ0) is 17.7. The molecule has 0 aromatic heterocycles. The standard InChI is InChI=1S/C17H17F2N3O2/c1-10(14-7-4-12(18)8-15(14)19)21-9-16(23)22-13-5-2-11(3-6-13)17(20)24/h2-8,10,21H,9H2,1H3,(H2,20,24)(H,22,23)/p+1/t10-/m0/s1. The molecule has 1 atom stereocenters. The molecule has 2 aromatic rings. The summed E-state index contributed by atoms with van der Waals surface area (Å²) in [6, 6.07) is 9.20. The Morgan fingerprint density at radius 1 is 1.17 bits per heavy atom. The third kappa shape index (κ3) is 4.60. The van der Waals surface area contributed by atoms with Crippen LogP contribution in [0.4, 0.5) is 14.5 Å². The fourth-order valence-corrected chi connectivity index (χ4v) is 2.21. The number of nitrogens with two attached hydrogens (primary N) is 2. The Morgan fingerprint density at radius 3 is 2.42 bits per heavy atom. The molecule has 0 spiro atoms. The second-order valence-corrected chi connectivity index (χ2v) is 5.38. The molecular weight excluding hydrogens is 316 g/mol. The van der Waals surface area contributed by atoms with Gasteiger partial charge in [-0.05, 0) is 43.3 Å². The zero-order valence-corrected chi connectivity index (χ0v) is 13.1. The molecule has 0 saturated heterocycles. The van der Waals surface area contributed by atoms with Gasteiger partial charge in [0.15, 0.2) is 6.54 Å². The molecule has 2 aromatic carbocycles. The summed E-state index contributed by atoms with van der Waals surface area (Å²) in [5, 5.41) is 4.30. The van der Waals surface area contributed by atoms with Gasteiger partial charge >= 0.3 is 0 Å². The lowest BCUT2D eigenvalue weighted by molar-refractivity contribution is -0.682. The molecule has 2 amide bonds. The van der Waals surface area contributed by atoms with Gasteiger partial charge in [0.1, 0.15) is 17.7 Å². The molecule has 0 aliphatic carbocycles. The molecule has 2 rings (SSSR count). The second-order valence-electron chi connectivity index (χ2n) is 5.38. The van der Waals surface area contributed by atoms with Crippen molar-refractivity contribution in [3.63, 3.8) is 0 Å². The smallest absolute Gasteiger partial charge is 0.279 e. The quantitative estimate of drug-likeness (QED) is 0.744. The van der Waals surface area contributed by atoms with E-state index in [0.29, 0.717) is 16.8 Å². The molecule has 24 heavy (non-hydrogen) atoms. The van der Waals surface area contributed by atoms with Crippen LogP contribution in [0.3, 0.4) is 0 Å². The maximum atomic E-state index is 13.7. The van der Waals surface area contributed by atoms with Crippen LogP contribution in [0, 0.1) is 11.6 Å². The van der Waals surface area contributed by atoms with E-state index in [1.54, 1.807) is 24.4 Å². The van der Waals surface area contributed by atoms with E-state index < -0.39 is 17.5 Å². The molecule has 0 radical (unpaired) electrons. The molecular formula is C17H18F2N3O2+. The van der Waals surface area contributed by atoms with Crippen LogP contribution in [0.25, 0.3) is 0 Å². The lowest BCUT2D eigenvalue weighted by Gasteiger charge is -2.12. The van der Waals surface area contributed by atoms with Crippen molar-refractivity contribution in [3.8, 4) is 0 Å². The third-order valence-electron chi connectivity index (χ3n) is 3.56. The first-order chi connectivity index (χ1) is 11.4. The molecule has 0 heterocycles. The number of carbonyl (C=O) groups excluding carboxylic acids is 2. The molecule has 5 N–H and O–H groups in total. The van der Waals surface area contributed by atoms with E-state index in [-0.39, 0.29) is 18.5 Å². The Kier molecular flexibility index (Phi) is 5.59. The normalized spacial score (nSPS) is 11.8. The van der Waals surface area contributed by atoms with E-state index in [9.17, 15) is 18.4 Å². The maximum absolute atomic E-state index is 13.7. The monoisotopic (exact) mass is 334 g/mol. The summed E-state index contributed by atoms with van der Waals surface area (Å²) in [4.78, 5) is 22.9. The van der Waals surface area contributed by atoms with Crippen LogP contribution in [0.5, 0.6) is 0 Å². The van der Waals surface area contributed by atoms with Gasteiger partial charge in [-0.1, -0.05) is 0 Å². The van der Waals surface area contributed by atoms with Gasteiger partial charge in [-0.15, -0.1) is 0 Å². The van der Waals surface area contributed by atoms with Crippen molar-refractivity contribution in [1.29, 1.82) is 0 Å². The number of anilines is 1. The number of hydrogen-bond donors (Lipinski definition) is 3. The highest BCUT2D eigenvalue weighted by atomic mass is 19.1. The predicted octanol–water partition coefficient (Wildman–Crippen LogP) is 1.33. The van der Waals surface area contributed by atoms with Gasteiger partial charge in [-0.2, -0.15) is 0 Å². The minimum Gasteiger partial charge on any atom is -0.366 e. The Morgan fingerprint density at radius 2 is 1.83 bits per heavy atom. The number of nitrogens with one attached hydrogen (secondary N) is 1. The van der Waals surface area contributed by atoms with Crippen molar-refractivity contribution >= 4 is 17.5 Å². The molecule has 0 unspecified atom stereocenters. The van der Waals surface area contributed by atoms with E-state index in [2.05, 4.69) is 5.32 Å². The van der Waals surface area contributed by atoms with Crippen molar-refractivity contribution in [1.82, 2.24) is 0 Å². The van der Waals surface area contributed by atoms with Crippen molar-refractivity contribution < 1.29 is 23.7 Å². The van der Waals surface area contributed by atoms with E-state index in [4.69, 9.17) is 5.73 Å². The molecule has 7 heteroatoms. The van der Waals surface area contributed by atoms with Gasteiger partial charge in [0.25, 0.3) is 5.91 Å². The molecule has 5 nitrogen and oxygen atoms in total. The minimum atomic E-state index is -0.638. The fraction of sp³-hybridized carbons (Fsp3) is 0.176. The van der Waals surface area contributed by atoms with Crippen LogP contribution in [0.2, 0.25) is 0 Å². The maximum Gasteiger partial charge on any atom is 0.279 e. The lowest BCUT2D eigenvalue weighted by atomic mass is 10.1. The Balaban J connectivity index is 1.89. The van der Waals surface area contributed by atoms with Gasteiger partial charge in [0.2, 0.25) is 5.91 Å². The topological polar surface area (TPSA) is 88.8 Å². The fourth-order valence-electron chi connectivity index (χ4n) is 2.21. The lowest BCUT2D eigenvalue weighted by Crippen LogP contribution is -2.86. The summed E-state index contributed by atoms with van der Waals surface area (Å²) < 4.78 is 26.6. The summed E-state index contributed by atoms with van der Waals surface area (Å²) >= 11 is 0. The number of hydrogen-bond acceptors (Lipinski definition) is 2. The van der Waals surface area contributed by atoms with Crippen molar-refractivity contribution in [3.05, 3.63) is 65.2 Å².